The smallest absolute Gasteiger partial charge is 0.338 e. The van der Waals surface area contributed by atoms with Crippen LogP contribution in [0.25, 0.3) is 0 Å². The van der Waals surface area contributed by atoms with E-state index in [4.69, 9.17) is 9.47 Å². The van der Waals surface area contributed by atoms with Crippen molar-refractivity contribution in [2.75, 3.05) is 13.2 Å². The number of carbonyl (C=O) groups excluding carboxylic acids is 5. The van der Waals surface area contributed by atoms with Crippen LogP contribution < -0.4 is 16.1 Å². The average molecular weight is 575 g/mol. The SMILES string of the molecule is CCOC(=O)C1OC1C(=O)N(CC(C)C)NC(=O)[C@H](CC(C)C)NC(=O)[C@H](CC(C)C)NC(=O)Cc1ccccc1. The maximum Gasteiger partial charge on any atom is 0.338 e. The number of hydrogen-bond donors (Lipinski definition) is 3. The van der Waals surface area contributed by atoms with Crippen molar-refractivity contribution in [3.8, 4) is 0 Å². The molecule has 0 aliphatic carbocycles. The molecular weight excluding hydrogens is 528 g/mol. The number of benzene rings is 1. The molecule has 1 saturated heterocycles. The summed E-state index contributed by atoms with van der Waals surface area (Å²) in [7, 11) is 0. The molecule has 0 saturated carbocycles. The summed E-state index contributed by atoms with van der Waals surface area (Å²) in [5.74, 6) is -2.41. The van der Waals surface area contributed by atoms with E-state index in [-0.39, 0.29) is 43.2 Å². The van der Waals surface area contributed by atoms with Crippen molar-refractivity contribution in [3.05, 3.63) is 35.9 Å². The van der Waals surface area contributed by atoms with Crippen molar-refractivity contribution in [3.63, 3.8) is 0 Å². The minimum absolute atomic E-state index is 0.00701. The minimum atomic E-state index is -1.04. The summed E-state index contributed by atoms with van der Waals surface area (Å²) in [5, 5.41) is 6.76. The number of rotatable bonds is 15. The lowest BCUT2D eigenvalue weighted by atomic mass is 10.00. The first kappa shape index (κ1) is 33.7. The van der Waals surface area contributed by atoms with E-state index in [1.807, 2.05) is 71.9 Å². The van der Waals surface area contributed by atoms with E-state index in [0.29, 0.717) is 12.8 Å². The zero-order chi connectivity index (χ0) is 30.7. The van der Waals surface area contributed by atoms with Gasteiger partial charge >= 0.3 is 5.97 Å². The summed E-state index contributed by atoms with van der Waals surface area (Å²) in [6.45, 7) is 13.5. The van der Waals surface area contributed by atoms with Gasteiger partial charge in [-0.1, -0.05) is 71.9 Å². The topological polar surface area (TPSA) is 146 Å². The summed E-state index contributed by atoms with van der Waals surface area (Å²) < 4.78 is 10.2. The third kappa shape index (κ3) is 11.5. The Balaban J connectivity index is 2.13. The molecule has 0 aromatic heterocycles. The predicted molar refractivity (Wildman–Crippen MR) is 153 cm³/mol. The Labute approximate surface area is 243 Å². The number of hydrazine groups is 1. The van der Waals surface area contributed by atoms with E-state index < -0.39 is 48.0 Å². The molecule has 2 unspecified atom stereocenters. The molecule has 0 spiro atoms. The molecule has 0 bridgehead atoms. The van der Waals surface area contributed by atoms with Crippen LogP contribution in [0.15, 0.2) is 30.3 Å². The maximum absolute atomic E-state index is 13.4. The van der Waals surface area contributed by atoms with E-state index in [1.165, 1.54) is 0 Å². The van der Waals surface area contributed by atoms with Gasteiger partial charge in [0.2, 0.25) is 11.8 Å². The van der Waals surface area contributed by atoms with Gasteiger partial charge in [0.25, 0.3) is 11.8 Å². The highest BCUT2D eigenvalue weighted by molar-refractivity contribution is 5.95. The minimum Gasteiger partial charge on any atom is -0.464 e. The Bertz CT molecular complexity index is 1040. The second-order valence-electron chi connectivity index (χ2n) is 11.7. The van der Waals surface area contributed by atoms with Gasteiger partial charge in [0.1, 0.15) is 12.1 Å². The fourth-order valence-corrected chi connectivity index (χ4v) is 4.33. The molecule has 228 valence electrons. The fraction of sp³-hybridized carbons (Fsp3) is 0.633. The van der Waals surface area contributed by atoms with Crippen LogP contribution in [0.3, 0.4) is 0 Å². The Hall–Kier alpha value is -3.47. The van der Waals surface area contributed by atoms with Gasteiger partial charge in [-0.25, -0.2) is 4.79 Å². The molecule has 1 heterocycles. The van der Waals surface area contributed by atoms with Gasteiger partial charge in [-0.15, -0.1) is 0 Å². The van der Waals surface area contributed by atoms with Gasteiger partial charge in [-0.3, -0.25) is 29.6 Å². The first-order valence-electron chi connectivity index (χ1n) is 14.4. The molecule has 11 heteroatoms. The molecule has 2 rings (SSSR count). The van der Waals surface area contributed by atoms with Gasteiger partial charge in [-0.2, -0.15) is 0 Å². The third-order valence-electron chi connectivity index (χ3n) is 6.22. The Morgan fingerprint density at radius 3 is 1.95 bits per heavy atom. The second-order valence-corrected chi connectivity index (χ2v) is 11.7. The zero-order valence-electron chi connectivity index (χ0n) is 25.3. The summed E-state index contributed by atoms with van der Waals surface area (Å²) in [6, 6.07) is 7.42. The molecule has 1 fully saturated rings. The molecule has 1 aliphatic heterocycles. The molecule has 4 atom stereocenters. The highest BCUT2D eigenvalue weighted by Crippen LogP contribution is 2.25. The number of hydrogen-bond acceptors (Lipinski definition) is 7. The van der Waals surface area contributed by atoms with Gasteiger partial charge in [0.15, 0.2) is 12.2 Å². The summed E-state index contributed by atoms with van der Waals surface area (Å²) >= 11 is 0. The van der Waals surface area contributed by atoms with Crippen LogP contribution in [0.5, 0.6) is 0 Å². The maximum atomic E-state index is 13.4. The standard InChI is InChI=1S/C30H46N4O7/c1-8-40-30(39)26-25(41-26)29(38)34(17-20(6)7)33-28(37)23(15-19(4)5)32-27(36)22(14-18(2)3)31-24(35)16-21-12-10-9-11-13-21/h9-13,18-20,22-23,25-26H,8,14-17H2,1-7H3,(H,31,35)(H,32,36)(H,33,37)/t22-,23-,25?,26?/m0/s1. The van der Waals surface area contributed by atoms with Crippen LogP contribution >= 0.6 is 0 Å². The molecular formula is C30H46N4O7. The third-order valence-corrected chi connectivity index (χ3v) is 6.22. The number of nitrogens with zero attached hydrogens (tertiary/aromatic N) is 1. The quantitative estimate of drug-likeness (QED) is 0.165. The second kappa shape index (κ2) is 16.1. The van der Waals surface area contributed by atoms with Crippen LogP contribution in [0.2, 0.25) is 0 Å². The Morgan fingerprint density at radius 2 is 1.41 bits per heavy atom. The fourth-order valence-electron chi connectivity index (χ4n) is 4.33. The summed E-state index contributed by atoms with van der Waals surface area (Å²) in [5.41, 5.74) is 3.46. The van der Waals surface area contributed by atoms with Crippen LogP contribution in [-0.2, 0) is 39.9 Å². The number of amides is 4. The van der Waals surface area contributed by atoms with Crippen molar-refractivity contribution in [2.24, 2.45) is 17.8 Å². The van der Waals surface area contributed by atoms with Crippen LogP contribution in [0.1, 0.15) is 66.9 Å². The van der Waals surface area contributed by atoms with Gasteiger partial charge in [-0.05, 0) is 43.1 Å². The van der Waals surface area contributed by atoms with E-state index in [1.54, 1.807) is 6.92 Å². The molecule has 4 amide bonds. The highest BCUT2D eigenvalue weighted by Gasteiger charge is 2.53. The largest absolute Gasteiger partial charge is 0.464 e. The first-order chi connectivity index (χ1) is 19.3. The van der Waals surface area contributed by atoms with Crippen molar-refractivity contribution in [2.45, 2.75) is 92.0 Å². The number of carbonyl (C=O) groups is 5. The molecule has 0 radical (unpaired) electrons. The molecule has 11 nitrogen and oxygen atoms in total. The Morgan fingerprint density at radius 1 is 0.829 bits per heavy atom. The van der Waals surface area contributed by atoms with Crippen LogP contribution in [-0.4, -0.2) is 72.1 Å². The van der Waals surface area contributed by atoms with E-state index in [9.17, 15) is 24.0 Å². The molecule has 1 aromatic carbocycles. The van der Waals surface area contributed by atoms with E-state index in [0.717, 1.165) is 10.6 Å². The Kier molecular flexibility index (Phi) is 13.2. The average Bonchev–Trinajstić information content (AvgIpc) is 3.68. The molecule has 1 aliphatic rings. The van der Waals surface area contributed by atoms with Gasteiger partial charge in [0.05, 0.1) is 13.0 Å². The monoisotopic (exact) mass is 574 g/mol. The summed E-state index contributed by atoms with van der Waals surface area (Å²) in [6.07, 6.45) is -1.23. The molecule has 41 heavy (non-hydrogen) atoms. The predicted octanol–water partition coefficient (Wildman–Crippen LogP) is 2.14. The van der Waals surface area contributed by atoms with Crippen LogP contribution in [0, 0.1) is 17.8 Å². The van der Waals surface area contributed by atoms with Gasteiger partial charge < -0.3 is 20.1 Å². The molecule has 1 aromatic rings. The number of epoxide rings is 1. The van der Waals surface area contributed by atoms with E-state index in [2.05, 4.69) is 16.1 Å². The lowest BCUT2D eigenvalue weighted by Crippen LogP contribution is -2.58. The number of esters is 1. The lowest BCUT2D eigenvalue weighted by molar-refractivity contribution is -0.146. The van der Waals surface area contributed by atoms with Crippen molar-refractivity contribution in [1.29, 1.82) is 0 Å². The normalized spacial score (nSPS) is 17.5. The number of ether oxygens (including phenoxy) is 2. The van der Waals surface area contributed by atoms with Crippen molar-refractivity contribution < 1.29 is 33.4 Å². The molecule has 3 N–H and O–H groups in total. The van der Waals surface area contributed by atoms with Crippen LogP contribution in [0.4, 0.5) is 0 Å². The zero-order valence-corrected chi connectivity index (χ0v) is 25.3. The van der Waals surface area contributed by atoms with E-state index >= 15 is 0 Å². The van der Waals surface area contributed by atoms with Gasteiger partial charge in [0, 0.05) is 6.54 Å². The van der Waals surface area contributed by atoms with Crippen molar-refractivity contribution in [1.82, 2.24) is 21.1 Å². The lowest BCUT2D eigenvalue weighted by Gasteiger charge is -2.29. The number of nitrogens with one attached hydrogen (secondary N) is 3. The van der Waals surface area contributed by atoms with Crippen molar-refractivity contribution >= 4 is 29.6 Å². The highest BCUT2D eigenvalue weighted by atomic mass is 16.6. The summed E-state index contributed by atoms with van der Waals surface area (Å²) in [4.78, 5) is 64.7. The first-order valence-corrected chi connectivity index (χ1v) is 14.4.